The summed E-state index contributed by atoms with van der Waals surface area (Å²) in [5, 5.41) is 11.6. The molecule has 0 fully saturated rings. The smallest absolute Gasteiger partial charge is 0.130 e. The van der Waals surface area contributed by atoms with Crippen molar-refractivity contribution in [1.82, 2.24) is 9.97 Å². The molecule has 0 spiro atoms. The van der Waals surface area contributed by atoms with Crippen LogP contribution in [-0.4, -0.2) is 9.97 Å². The average Bonchev–Trinajstić information content (AvgIpc) is 3.44. The Morgan fingerprint density at radius 2 is 1.53 bits per heavy atom. The van der Waals surface area contributed by atoms with Crippen molar-refractivity contribution in [3.63, 3.8) is 0 Å². The molecular formula is C40H31IrN3O-2. The molecule has 45 heavy (non-hydrogen) atoms. The third-order valence-corrected chi connectivity index (χ3v) is 7.57. The van der Waals surface area contributed by atoms with Gasteiger partial charge < -0.3 is 14.4 Å². The van der Waals surface area contributed by atoms with Crippen LogP contribution >= 0.6 is 0 Å². The summed E-state index contributed by atoms with van der Waals surface area (Å²) in [7, 11) is 0. The second kappa shape index (κ2) is 13.4. The minimum absolute atomic E-state index is 0. The third-order valence-electron chi connectivity index (χ3n) is 7.57. The van der Waals surface area contributed by atoms with Gasteiger partial charge in [0.1, 0.15) is 5.58 Å². The number of fused-ring (bicyclic) bond motifs is 3. The van der Waals surface area contributed by atoms with Crippen molar-refractivity contribution in [3.8, 4) is 39.7 Å². The van der Waals surface area contributed by atoms with Crippen LogP contribution in [0.1, 0.15) is 37.5 Å². The predicted octanol–water partition coefficient (Wildman–Crippen LogP) is 10.1. The minimum Gasteiger partial charge on any atom is -0.500 e. The van der Waals surface area contributed by atoms with E-state index in [0.29, 0.717) is 11.1 Å². The molecule has 0 unspecified atom stereocenters. The first-order valence-corrected chi connectivity index (χ1v) is 14.6. The van der Waals surface area contributed by atoms with Crippen LogP contribution in [0.5, 0.6) is 0 Å². The van der Waals surface area contributed by atoms with Crippen LogP contribution < -0.4 is 0 Å². The van der Waals surface area contributed by atoms with E-state index in [4.69, 9.17) is 4.42 Å². The van der Waals surface area contributed by atoms with Crippen LogP contribution in [0.2, 0.25) is 0 Å². The molecule has 7 rings (SSSR count). The van der Waals surface area contributed by atoms with Crippen molar-refractivity contribution in [3.05, 3.63) is 144 Å². The molecule has 0 saturated carbocycles. The molecule has 0 N–H and O–H groups in total. The van der Waals surface area contributed by atoms with Crippen LogP contribution in [0.15, 0.2) is 120 Å². The second-order valence-electron chi connectivity index (χ2n) is 11.7. The largest absolute Gasteiger partial charge is 0.500 e. The van der Waals surface area contributed by atoms with Crippen molar-refractivity contribution in [1.29, 1.82) is 5.26 Å². The molecule has 0 amide bonds. The van der Waals surface area contributed by atoms with E-state index in [0.717, 1.165) is 50.0 Å². The summed E-state index contributed by atoms with van der Waals surface area (Å²) in [5.41, 5.74) is 10.1. The molecule has 0 aliphatic rings. The summed E-state index contributed by atoms with van der Waals surface area (Å²) in [6.45, 7) is 8.67. The Labute approximate surface area is 277 Å². The average molecular weight is 762 g/mol. The quantitative estimate of drug-likeness (QED) is 0.168. The van der Waals surface area contributed by atoms with E-state index < -0.39 is 0 Å². The predicted molar refractivity (Wildman–Crippen MR) is 178 cm³/mol. The Bertz CT molecular complexity index is 2090. The van der Waals surface area contributed by atoms with E-state index in [1.54, 1.807) is 6.20 Å². The number of aryl methyl sites for hydroxylation is 1. The van der Waals surface area contributed by atoms with E-state index >= 15 is 0 Å². The van der Waals surface area contributed by atoms with Crippen molar-refractivity contribution < 1.29 is 24.5 Å². The van der Waals surface area contributed by atoms with E-state index in [-0.39, 0.29) is 25.5 Å². The molecule has 0 atom stereocenters. The Morgan fingerprint density at radius 3 is 2.18 bits per heavy atom. The summed E-state index contributed by atoms with van der Waals surface area (Å²) in [4.78, 5) is 8.85. The molecule has 3 heterocycles. The number of rotatable bonds is 3. The van der Waals surface area contributed by atoms with Crippen LogP contribution in [0.4, 0.5) is 0 Å². The molecule has 0 aliphatic heterocycles. The second-order valence-corrected chi connectivity index (χ2v) is 11.7. The van der Waals surface area contributed by atoms with Crippen molar-refractivity contribution in [2.75, 3.05) is 0 Å². The molecule has 223 valence electrons. The third kappa shape index (κ3) is 6.64. The maximum atomic E-state index is 9.64. The first-order valence-electron chi connectivity index (χ1n) is 14.6. The number of nitrogens with zero attached hydrogens (tertiary/aromatic N) is 3. The first kappa shape index (κ1) is 31.5. The Hall–Kier alpha value is -4.88. The molecule has 4 aromatic carbocycles. The Morgan fingerprint density at radius 1 is 0.756 bits per heavy atom. The molecule has 0 aliphatic carbocycles. The molecule has 0 bridgehead atoms. The normalized spacial score (nSPS) is 10.9. The van der Waals surface area contributed by atoms with Gasteiger partial charge in [-0.05, 0) is 47.0 Å². The van der Waals surface area contributed by atoms with Gasteiger partial charge in [-0.15, -0.1) is 53.6 Å². The fourth-order valence-electron chi connectivity index (χ4n) is 5.17. The standard InChI is InChI=1S/C24H13N2O.C16H18N.Ir/c25-15-17-12-13-19-18-9-6-10-20(21-11-4-5-14-26-21)23(18)27-24(19)22(17)16-7-2-1-3-8-16;1-12-5-10-15(17-11-12)13-6-8-14(9-7-13)16(2,3)4;/h1-9,11-14H;5-6,8-11H,1-4H3;/q2*-1;. The van der Waals surface area contributed by atoms with Crippen molar-refractivity contribution in [2.24, 2.45) is 0 Å². The molecule has 7 aromatic rings. The van der Waals surface area contributed by atoms with Gasteiger partial charge in [0.05, 0.1) is 17.2 Å². The van der Waals surface area contributed by atoms with Crippen molar-refractivity contribution in [2.45, 2.75) is 33.1 Å². The Balaban J connectivity index is 0.000000193. The van der Waals surface area contributed by atoms with Crippen molar-refractivity contribution >= 4 is 21.9 Å². The zero-order chi connectivity index (χ0) is 30.7. The topological polar surface area (TPSA) is 62.7 Å². The molecular weight excluding hydrogens is 731 g/mol. The summed E-state index contributed by atoms with van der Waals surface area (Å²) in [5.74, 6) is 0. The molecule has 1 radical (unpaired) electrons. The van der Waals surface area contributed by atoms with E-state index in [1.165, 1.54) is 11.1 Å². The van der Waals surface area contributed by atoms with Gasteiger partial charge in [-0.3, -0.25) is 0 Å². The van der Waals surface area contributed by atoms with Gasteiger partial charge in [0.2, 0.25) is 0 Å². The number of nitriles is 1. The minimum atomic E-state index is 0. The number of hydrogen-bond donors (Lipinski definition) is 0. The number of benzene rings is 4. The number of furan rings is 1. The zero-order valence-corrected chi connectivity index (χ0v) is 27.9. The number of aromatic nitrogens is 2. The zero-order valence-electron chi connectivity index (χ0n) is 25.6. The maximum absolute atomic E-state index is 9.64. The van der Waals surface area contributed by atoms with Gasteiger partial charge in [-0.1, -0.05) is 92.4 Å². The molecule has 5 heteroatoms. The fourth-order valence-corrected chi connectivity index (χ4v) is 5.17. The van der Waals surface area contributed by atoms with Gasteiger partial charge in [-0.2, -0.15) is 5.26 Å². The SMILES string of the molecule is Cc1ccc(-c2[c-]cc(C(C)(C)C)cc2)nc1.N#Cc1ccc2c(oc3c(-c4ccccn4)[c-]ccc32)c1-c1ccccc1.[Ir]. The summed E-state index contributed by atoms with van der Waals surface area (Å²) < 4.78 is 6.34. The van der Waals surface area contributed by atoms with Crippen LogP contribution in [0.25, 0.3) is 55.6 Å². The monoisotopic (exact) mass is 762 g/mol. The molecule has 3 aromatic heterocycles. The number of hydrogen-bond acceptors (Lipinski definition) is 4. The summed E-state index contributed by atoms with van der Waals surface area (Å²) >= 11 is 0. The van der Waals surface area contributed by atoms with Gasteiger partial charge in [-0.25, -0.2) is 0 Å². The van der Waals surface area contributed by atoms with E-state index in [9.17, 15) is 5.26 Å². The molecule has 4 nitrogen and oxygen atoms in total. The van der Waals surface area contributed by atoms with E-state index in [2.05, 4.69) is 73.2 Å². The summed E-state index contributed by atoms with van der Waals surface area (Å²) in [6, 6.07) is 42.7. The Kier molecular flexibility index (Phi) is 9.40. The van der Waals surface area contributed by atoms with Gasteiger partial charge in [0.15, 0.2) is 0 Å². The summed E-state index contributed by atoms with van der Waals surface area (Å²) in [6.07, 6.45) is 3.65. The fraction of sp³-hybridized carbons (Fsp3) is 0.125. The number of pyridine rings is 2. The van der Waals surface area contributed by atoms with Gasteiger partial charge in [0, 0.05) is 43.4 Å². The molecule has 0 saturated heterocycles. The van der Waals surface area contributed by atoms with Crippen LogP contribution in [0.3, 0.4) is 0 Å². The van der Waals surface area contributed by atoms with E-state index in [1.807, 2.05) is 92.0 Å². The van der Waals surface area contributed by atoms with Gasteiger partial charge >= 0.3 is 0 Å². The van der Waals surface area contributed by atoms with Crippen LogP contribution in [0, 0.1) is 30.4 Å². The van der Waals surface area contributed by atoms with Gasteiger partial charge in [0.25, 0.3) is 0 Å². The first-order chi connectivity index (χ1) is 21.3. The van der Waals surface area contributed by atoms with Crippen LogP contribution in [-0.2, 0) is 25.5 Å². The maximum Gasteiger partial charge on any atom is 0.130 e.